The molecule has 1 saturated heterocycles. The molecule has 1 aromatic heterocycles. The number of hydrogen-bond donors (Lipinski definition) is 1. The van der Waals surface area contributed by atoms with Gasteiger partial charge in [-0.05, 0) is 25.8 Å². The van der Waals surface area contributed by atoms with E-state index < -0.39 is 0 Å². The van der Waals surface area contributed by atoms with E-state index in [-0.39, 0.29) is 12.1 Å². The van der Waals surface area contributed by atoms with Gasteiger partial charge in [0.2, 0.25) is 0 Å². The third kappa shape index (κ3) is 3.04. The van der Waals surface area contributed by atoms with Crippen molar-refractivity contribution >= 4 is 22.6 Å². The van der Waals surface area contributed by atoms with Gasteiger partial charge in [-0.3, -0.25) is 4.98 Å². The molecule has 2 aromatic rings. The van der Waals surface area contributed by atoms with Crippen LogP contribution in [0.3, 0.4) is 0 Å². The number of benzene rings is 1. The van der Waals surface area contributed by atoms with Crippen molar-refractivity contribution in [3.8, 4) is 0 Å². The fourth-order valence-electron chi connectivity index (χ4n) is 2.72. The minimum absolute atomic E-state index is 0.196. The number of fused-ring (bicyclic) bond motifs is 1. The third-order valence-corrected chi connectivity index (χ3v) is 3.80. The van der Waals surface area contributed by atoms with Gasteiger partial charge in [0, 0.05) is 24.7 Å². The lowest BCUT2D eigenvalue weighted by atomic mass is 10.1. The Hall–Kier alpha value is -2.14. The van der Waals surface area contributed by atoms with Crippen LogP contribution in [0.5, 0.6) is 0 Å². The average Bonchev–Trinajstić information content (AvgIpc) is 3.06. The second-order valence-electron chi connectivity index (χ2n) is 5.30. The maximum absolute atomic E-state index is 12.2. The van der Waals surface area contributed by atoms with Crippen molar-refractivity contribution in [2.24, 2.45) is 0 Å². The molecule has 22 heavy (non-hydrogen) atoms. The van der Waals surface area contributed by atoms with Crippen molar-refractivity contribution in [2.75, 3.05) is 25.1 Å². The zero-order valence-electron chi connectivity index (χ0n) is 12.7. The summed E-state index contributed by atoms with van der Waals surface area (Å²) in [6, 6.07) is 7.77. The smallest absolute Gasteiger partial charge is 0.341 e. The predicted molar refractivity (Wildman–Crippen MR) is 85.2 cm³/mol. The SMILES string of the molecule is CCOC(=O)c1cnc2ccccc2c1NC[C@@H]1CCCO1. The molecule has 1 fully saturated rings. The van der Waals surface area contributed by atoms with Gasteiger partial charge in [0.25, 0.3) is 0 Å². The fraction of sp³-hybridized carbons (Fsp3) is 0.412. The molecule has 116 valence electrons. The van der Waals surface area contributed by atoms with Gasteiger partial charge in [-0.25, -0.2) is 4.79 Å². The zero-order chi connectivity index (χ0) is 15.4. The van der Waals surface area contributed by atoms with E-state index in [1.54, 1.807) is 13.1 Å². The summed E-state index contributed by atoms with van der Waals surface area (Å²) in [6.45, 7) is 3.64. The predicted octanol–water partition coefficient (Wildman–Crippen LogP) is 3.00. The molecular formula is C17H20N2O3. The lowest BCUT2D eigenvalue weighted by Crippen LogP contribution is -2.20. The summed E-state index contributed by atoms with van der Waals surface area (Å²) in [5.41, 5.74) is 2.10. The van der Waals surface area contributed by atoms with Crippen molar-refractivity contribution in [2.45, 2.75) is 25.9 Å². The minimum Gasteiger partial charge on any atom is -0.462 e. The number of aromatic nitrogens is 1. The van der Waals surface area contributed by atoms with E-state index in [4.69, 9.17) is 9.47 Å². The van der Waals surface area contributed by atoms with E-state index in [1.807, 2.05) is 24.3 Å². The molecule has 5 nitrogen and oxygen atoms in total. The van der Waals surface area contributed by atoms with E-state index in [2.05, 4.69) is 10.3 Å². The number of nitrogens with one attached hydrogen (secondary N) is 1. The highest BCUT2D eigenvalue weighted by molar-refractivity contribution is 6.04. The number of para-hydroxylation sites is 1. The zero-order valence-corrected chi connectivity index (χ0v) is 12.7. The molecule has 5 heteroatoms. The van der Waals surface area contributed by atoms with Crippen molar-refractivity contribution in [1.82, 2.24) is 4.98 Å². The molecule has 1 aromatic carbocycles. The van der Waals surface area contributed by atoms with Crippen molar-refractivity contribution in [3.05, 3.63) is 36.0 Å². The normalized spacial score (nSPS) is 17.6. The summed E-state index contributed by atoms with van der Waals surface area (Å²) in [5, 5.41) is 4.29. The van der Waals surface area contributed by atoms with Crippen LogP contribution in [0.4, 0.5) is 5.69 Å². The highest BCUT2D eigenvalue weighted by atomic mass is 16.5. The monoisotopic (exact) mass is 300 g/mol. The number of carbonyl (C=O) groups excluding carboxylic acids is 1. The molecule has 0 aliphatic carbocycles. The first-order valence-electron chi connectivity index (χ1n) is 7.70. The molecule has 0 spiro atoms. The van der Waals surface area contributed by atoms with Crippen molar-refractivity contribution < 1.29 is 14.3 Å². The van der Waals surface area contributed by atoms with E-state index in [1.165, 1.54) is 0 Å². The van der Waals surface area contributed by atoms with Gasteiger partial charge in [0.05, 0.1) is 23.9 Å². The molecule has 1 aliphatic heterocycles. The first-order valence-corrected chi connectivity index (χ1v) is 7.70. The van der Waals surface area contributed by atoms with E-state index in [9.17, 15) is 4.79 Å². The summed E-state index contributed by atoms with van der Waals surface area (Å²) in [6.07, 6.45) is 3.92. The molecular weight excluding hydrogens is 280 g/mol. The molecule has 1 N–H and O–H groups in total. The second-order valence-corrected chi connectivity index (χ2v) is 5.30. The van der Waals surface area contributed by atoms with Crippen LogP contribution in [-0.2, 0) is 9.47 Å². The van der Waals surface area contributed by atoms with Crippen molar-refractivity contribution in [3.63, 3.8) is 0 Å². The second kappa shape index (κ2) is 6.75. The Bertz CT molecular complexity index is 666. The summed E-state index contributed by atoms with van der Waals surface area (Å²) >= 11 is 0. The number of pyridine rings is 1. The van der Waals surface area contributed by atoms with E-state index >= 15 is 0 Å². The molecule has 3 rings (SSSR count). The summed E-state index contributed by atoms with van der Waals surface area (Å²) in [5.74, 6) is -0.351. The molecule has 0 saturated carbocycles. The number of esters is 1. The largest absolute Gasteiger partial charge is 0.462 e. The van der Waals surface area contributed by atoms with Gasteiger partial charge in [-0.15, -0.1) is 0 Å². The van der Waals surface area contributed by atoms with Crippen LogP contribution in [0.1, 0.15) is 30.1 Å². The fourth-order valence-corrected chi connectivity index (χ4v) is 2.72. The quantitative estimate of drug-likeness (QED) is 0.860. The molecule has 0 bridgehead atoms. The van der Waals surface area contributed by atoms with Crippen LogP contribution >= 0.6 is 0 Å². The van der Waals surface area contributed by atoms with Gasteiger partial charge in [-0.2, -0.15) is 0 Å². The van der Waals surface area contributed by atoms with Gasteiger partial charge in [0.15, 0.2) is 0 Å². The summed E-state index contributed by atoms with van der Waals surface area (Å²) in [4.78, 5) is 16.5. The van der Waals surface area contributed by atoms with Crippen LogP contribution in [0.2, 0.25) is 0 Å². The Morgan fingerprint density at radius 1 is 1.45 bits per heavy atom. The first-order chi connectivity index (χ1) is 10.8. The van der Waals surface area contributed by atoms with E-state index in [0.717, 1.165) is 36.0 Å². The molecule has 0 amide bonds. The third-order valence-electron chi connectivity index (χ3n) is 3.80. The Morgan fingerprint density at radius 2 is 2.32 bits per heavy atom. The van der Waals surface area contributed by atoms with E-state index in [0.29, 0.717) is 18.7 Å². The molecule has 0 radical (unpaired) electrons. The topological polar surface area (TPSA) is 60.5 Å². The minimum atomic E-state index is -0.351. The van der Waals surface area contributed by atoms with Crippen molar-refractivity contribution in [1.29, 1.82) is 0 Å². The Kier molecular flexibility index (Phi) is 4.53. The molecule has 2 heterocycles. The number of carbonyl (C=O) groups is 1. The number of anilines is 1. The van der Waals surface area contributed by atoms with Crippen LogP contribution in [0.15, 0.2) is 30.5 Å². The first kappa shape index (κ1) is 14.8. The van der Waals surface area contributed by atoms with Crippen LogP contribution < -0.4 is 5.32 Å². The van der Waals surface area contributed by atoms with Crippen LogP contribution in [-0.4, -0.2) is 36.8 Å². The molecule has 1 aliphatic rings. The van der Waals surface area contributed by atoms with Gasteiger partial charge < -0.3 is 14.8 Å². The average molecular weight is 300 g/mol. The van der Waals surface area contributed by atoms with Crippen LogP contribution in [0, 0.1) is 0 Å². The highest BCUT2D eigenvalue weighted by Gasteiger charge is 2.19. The molecule has 1 atom stereocenters. The number of hydrogen-bond acceptors (Lipinski definition) is 5. The number of ether oxygens (including phenoxy) is 2. The molecule has 0 unspecified atom stereocenters. The Balaban J connectivity index is 1.94. The highest BCUT2D eigenvalue weighted by Crippen LogP contribution is 2.27. The summed E-state index contributed by atoms with van der Waals surface area (Å²) < 4.78 is 10.8. The maximum Gasteiger partial charge on any atom is 0.341 e. The maximum atomic E-state index is 12.2. The van der Waals surface area contributed by atoms with Crippen LogP contribution in [0.25, 0.3) is 10.9 Å². The lowest BCUT2D eigenvalue weighted by Gasteiger charge is -2.16. The van der Waals surface area contributed by atoms with Gasteiger partial charge in [0.1, 0.15) is 5.56 Å². The number of nitrogens with zero attached hydrogens (tertiary/aromatic N) is 1. The standard InChI is InChI=1S/C17H20N2O3/c1-2-21-17(20)14-11-18-15-8-4-3-7-13(15)16(14)19-10-12-6-5-9-22-12/h3-4,7-8,11-12H,2,5-6,9-10H2,1H3,(H,18,19)/t12-/m0/s1. The Morgan fingerprint density at radius 3 is 3.09 bits per heavy atom. The Labute approximate surface area is 129 Å². The lowest BCUT2D eigenvalue weighted by molar-refractivity contribution is 0.0527. The summed E-state index contributed by atoms with van der Waals surface area (Å²) in [7, 11) is 0. The van der Waals surface area contributed by atoms with Gasteiger partial charge in [-0.1, -0.05) is 18.2 Å². The van der Waals surface area contributed by atoms with Gasteiger partial charge >= 0.3 is 5.97 Å². The number of rotatable bonds is 5.